The van der Waals surface area contributed by atoms with Gasteiger partial charge < -0.3 is 34.9 Å². The third-order valence-electron chi connectivity index (χ3n) is 11.8. The first-order valence-corrected chi connectivity index (χ1v) is 18.8. The van der Waals surface area contributed by atoms with E-state index < -0.39 is 46.5 Å². The van der Waals surface area contributed by atoms with Crippen LogP contribution in [0.15, 0.2) is 11.5 Å². The zero-order chi connectivity index (χ0) is 38.0. The average Bonchev–Trinajstić information content (AvgIpc) is 3.33. The van der Waals surface area contributed by atoms with E-state index in [-0.39, 0.29) is 5.91 Å². The van der Waals surface area contributed by atoms with E-state index in [4.69, 9.17) is 24.7 Å². The van der Waals surface area contributed by atoms with Crippen LogP contribution in [0.3, 0.4) is 0 Å². The number of amides is 1. The highest BCUT2D eigenvalue weighted by Gasteiger charge is 2.51. The molecule has 11 heteroatoms. The fraction of sp³-hybridized carbons (Fsp3) is 0.895. The third-order valence-corrected chi connectivity index (χ3v) is 12.3. The maximum Gasteiger partial charge on any atom is 0.311 e. The number of aliphatic hydroxyl groups excluding tert-OH is 2. The number of nitrogens with zero attached hydrogens (tertiary/aromatic N) is 1. The predicted octanol–water partition coefficient (Wildman–Crippen LogP) is 5.87. The number of fused-ring (bicyclic) bond motifs is 2. The SMILES string of the molecule is CC1CC(C)(C)C(C)C(C)O1.CC1CC(N)C(C)C(C)O1.CCC1OC(=O)C(C)C(O)C(C)C(O)C2(C)CC(C)=C(O2)N(C)C(=O)C1(C)S. The molecule has 286 valence electrons. The van der Waals surface area contributed by atoms with Crippen LogP contribution in [-0.2, 0) is 28.5 Å². The molecule has 0 aromatic rings. The van der Waals surface area contributed by atoms with Crippen LogP contribution in [0.25, 0.3) is 0 Å². The van der Waals surface area contributed by atoms with Gasteiger partial charge >= 0.3 is 5.97 Å². The van der Waals surface area contributed by atoms with Crippen LogP contribution in [-0.4, -0.2) is 93.2 Å². The van der Waals surface area contributed by atoms with Crippen molar-refractivity contribution >= 4 is 24.5 Å². The topological polar surface area (TPSA) is 141 Å². The molecule has 4 N–H and O–H groups in total. The van der Waals surface area contributed by atoms with E-state index in [0.29, 0.717) is 66.4 Å². The number of cyclic esters (lactones) is 1. The lowest BCUT2D eigenvalue weighted by Crippen LogP contribution is -2.51. The zero-order valence-corrected chi connectivity index (χ0v) is 34.0. The molecular formula is C38H70N2O8S. The zero-order valence-electron chi connectivity index (χ0n) is 33.1. The van der Waals surface area contributed by atoms with Crippen LogP contribution in [0.1, 0.15) is 123 Å². The lowest BCUT2D eigenvalue weighted by Gasteiger charge is -2.43. The summed E-state index contributed by atoms with van der Waals surface area (Å²) in [6.45, 7) is 27.9. The lowest BCUT2D eigenvalue weighted by atomic mass is 9.71. The number of esters is 1. The van der Waals surface area contributed by atoms with Gasteiger partial charge in [0.15, 0.2) is 5.88 Å². The summed E-state index contributed by atoms with van der Waals surface area (Å²) in [4.78, 5) is 27.2. The second kappa shape index (κ2) is 17.0. The minimum atomic E-state index is -1.29. The molecule has 0 radical (unpaired) electrons. The second-order valence-corrected chi connectivity index (χ2v) is 17.6. The van der Waals surface area contributed by atoms with Crippen molar-refractivity contribution in [2.75, 3.05) is 7.05 Å². The standard InChI is InChI=1S/C20H33NO6S.C10H20O.C8H17NO/c1-8-13-20(6,28)18(25)21(7)16-10(2)9-19(5,27-16)15(23)11(3)14(22)12(4)17(24)26-13;1-7-6-10(4,5)8(2)9(3)11-7;1-5-4-8(9)6(2)7(3)10-5/h11-15,22-23,28H,8-9H2,1-7H3;7-9H,6H2,1-5H3;5-8H,4,9H2,1-3H3. The van der Waals surface area contributed by atoms with E-state index in [0.717, 1.165) is 12.0 Å². The largest absolute Gasteiger partial charge is 0.469 e. The van der Waals surface area contributed by atoms with Crippen LogP contribution in [0, 0.1) is 29.1 Å². The Labute approximate surface area is 302 Å². The highest BCUT2D eigenvalue weighted by molar-refractivity contribution is 7.82. The van der Waals surface area contributed by atoms with E-state index in [1.165, 1.54) is 11.3 Å². The summed E-state index contributed by atoms with van der Waals surface area (Å²) < 4.78 is 21.7. The third kappa shape index (κ3) is 10.2. The molecule has 4 aliphatic heterocycles. The highest BCUT2D eigenvalue weighted by atomic mass is 32.1. The molecule has 1 amide bonds. The van der Waals surface area contributed by atoms with Gasteiger partial charge in [0.1, 0.15) is 16.5 Å². The van der Waals surface area contributed by atoms with E-state index in [2.05, 4.69) is 68.0 Å². The first-order valence-electron chi connectivity index (χ1n) is 18.3. The van der Waals surface area contributed by atoms with Gasteiger partial charge in [-0.25, -0.2) is 0 Å². The summed E-state index contributed by atoms with van der Waals surface area (Å²) in [5, 5.41) is 21.7. The van der Waals surface area contributed by atoms with Crippen molar-refractivity contribution in [1.29, 1.82) is 0 Å². The van der Waals surface area contributed by atoms with Crippen LogP contribution in [0.2, 0.25) is 0 Å². The van der Waals surface area contributed by atoms with E-state index >= 15 is 0 Å². The van der Waals surface area contributed by atoms with Crippen molar-refractivity contribution in [3.63, 3.8) is 0 Å². The summed E-state index contributed by atoms with van der Waals surface area (Å²) >= 11 is 4.55. The van der Waals surface area contributed by atoms with E-state index in [1.807, 2.05) is 6.92 Å². The maximum atomic E-state index is 13.2. The van der Waals surface area contributed by atoms with Crippen molar-refractivity contribution in [2.24, 2.45) is 34.8 Å². The van der Waals surface area contributed by atoms with Crippen molar-refractivity contribution < 1.29 is 38.7 Å². The molecule has 3 saturated heterocycles. The predicted molar refractivity (Wildman–Crippen MR) is 197 cm³/mol. The highest BCUT2D eigenvalue weighted by Crippen LogP contribution is 2.43. The molecule has 14 atom stereocenters. The molecule has 2 bridgehead atoms. The number of rotatable bonds is 1. The second-order valence-electron chi connectivity index (χ2n) is 16.6. The normalized spacial score (nSPS) is 44.5. The summed E-state index contributed by atoms with van der Waals surface area (Å²) in [6.07, 6.45) is 1.54. The molecule has 0 aromatic carbocycles. The molecule has 4 heterocycles. The van der Waals surface area contributed by atoms with E-state index in [9.17, 15) is 19.8 Å². The molecule has 14 unspecified atom stereocenters. The monoisotopic (exact) mass is 714 g/mol. The van der Waals surface area contributed by atoms with E-state index in [1.54, 1.807) is 41.7 Å². The molecule has 0 aromatic heterocycles. The Bertz CT molecular complexity index is 1150. The Morgan fingerprint density at radius 1 is 0.918 bits per heavy atom. The van der Waals surface area contributed by atoms with Crippen LogP contribution < -0.4 is 5.73 Å². The number of hydrogen-bond donors (Lipinski definition) is 4. The van der Waals surface area contributed by atoms with Gasteiger partial charge in [-0.05, 0) is 97.5 Å². The Kier molecular flexibility index (Phi) is 15.2. The minimum Gasteiger partial charge on any atom is -0.469 e. The summed E-state index contributed by atoms with van der Waals surface area (Å²) in [6, 6.07) is 0.332. The average molecular weight is 715 g/mol. The molecule has 4 rings (SSSR count). The van der Waals surface area contributed by atoms with Gasteiger partial charge in [0.25, 0.3) is 0 Å². The van der Waals surface area contributed by atoms with Gasteiger partial charge in [0.05, 0.1) is 42.5 Å². The molecule has 49 heavy (non-hydrogen) atoms. The Morgan fingerprint density at radius 3 is 1.98 bits per heavy atom. The molecular weight excluding hydrogens is 644 g/mol. The molecule has 3 fully saturated rings. The minimum absolute atomic E-state index is 0.332. The van der Waals surface area contributed by atoms with Gasteiger partial charge in [-0.3, -0.25) is 14.5 Å². The Morgan fingerprint density at radius 2 is 1.47 bits per heavy atom. The van der Waals surface area contributed by atoms with Crippen LogP contribution >= 0.6 is 12.6 Å². The van der Waals surface area contributed by atoms with Crippen molar-refractivity contribution in [1.82, 2.24) is 4.90 Å². The van der Waals surface area contributed by atoms with Crippen molar-refractivity contribution in [3.8, 4) is 0 Å². The number of nitrogens with two attached hydrogens (primary N) is 1. The molecule has 0 saturated carbocycles. The Hall–Kier alpha value is -1.37. The number of carbonyl (C=O) groups is 2. The van der Waals surface area contributed by atoms with Gasteiger partial charge in [-0.15, -0.1) is 0 Å². The number of carbonyl (C=O) groups excluding carboxylic acids is 2. The summed E-state index contributed by atoms with van der Waals surface area (Å²) in [7, 11) is 1.59. The van der Waals surface area contributed by atoms with Gasteiger partial charge in [-0.2, -0.15) is 12.6 Å². The molecule has 0 spiro atoms. The van der Waals surface area contributed by atoms with Gasteiger partial charge in [-0.1, -0.05) is 41.5 Å². The van der Waals surface area contributed by atoms with Crippen LogP contribution in [0.5, 0.6) is 0 Å². The number of ether oxygens (including phenoxy) is 4. The quantitative estimate of drug-likeness (QED) is 0.194. The lowest BCUT2D eigenvalue weighted by molar-refractivity contribution is -0.164. The summed E-state index contributed by atoms with van der Waals surface area (Å²) in [5.41, 5.74) is 6.13. The van der Waals surface area contributed by atoms with Gasteiger partial charge in [0.2, 0.25) is 5.91 Å². The van der Waals surface area contributed by atoms with Crippen molar-refractivity contribution in [3.05, 3.63) is 11.5 Å². The molecule has 0 aliphatic carbocycles. The summed E-state index contributed by atoms with van der Waals surface area (Å²) in [5.74, 6) is -0.972. The van der Waals surface area contributed by atoms with Gasteiger partial charge in [0, 0.05) is 25.4 Å². The maximum absolute atomic E-state index is 13.2. The van der Waals surface area contributed by atoms with Crippen LogP contribution in [0.4, 0.5) is 0 Å². The first-order chi connectivity index (χ1) is 22.3. The first kappa shape index (κ1) is 43.8. The fourth-order valence-corrected chi connectivity index (χ4v) is 8.19. The smallest absolute Gasteiger partial charge is 0.311 e. The fourth-order valence-electron chi connectivity index (χ4n) is 7.80. The molecule has 10 nitrogen and oxygen atoms in total. The number of hydrogen-bond acceptors (Lipinski definition) is 10. The number of thiol groups is 1. The van der Waals surface area contributed by atoms with Crippen molar-refractivity contribution in [2.45, 2.75) is 182 Å². The molecule has 4 aliphatic rings. The number of aliphatic hydroxyl groups is 2. The Balaban J connectivity index is 0.000000321.